The highest BCUT2D eigenvalue weighted by Crippen LogP contribution is 2.39. The van der Waals surface area contributed by atoms with Crippen molar-refractivity contribution >= 4 is 28.2 Å². The molecule has 0 unspecified atom stereocenters. The monoisotopic (exact) mass is 401 g/mol. The summed E-state index contributed by atoms with van der Waals surface area (Å²) in [5.41, 5.74) is 5.07. The van der Waals surface area contributed by atoms with Crippen molar-refractivity contribution < 1.29 is 14.8 Å². The van der Waals surface area contributed by atoms with Crippen molar-refractivity contribution in [3.63, 3.8) is 0 Å². The normalized spacial score (nSPS) is 13.4. The van der Waals surface area contributed by atoms with Crippen molar-refractivity contribution in [3.05, 3.63) is 87.9 Å². The highest BCUT2D eigenvalue weighted by Gasteiger charge is 2.20. The molecule has 150 valence electrons. The number of nitro groups is 1. The lowest BCUT2D eigenvalue weighted by Crippen LogP contribution is -2.16. The van der Waals surface area contributed by atoms with Crippen LogP contribution < -0.4 is 4.90 Å². The minimum Gasteiger partial charge on any atom is -0.478 e. The molecule has 1 N–H and O–H groups in total. The molecule has 0 atom stereocenters. The number of non-ortho nitro benzene ring substituents is 1. The van der Waals surface area contributed by atoms with Gasteiger partial charge in [-0.2, -0.15) is 0 Å². The first-order valence-electron chi connectivity index (χ1n) is 9.40. The van der Waals surface area contributed by atoms with Gasteiger partial charge in [0.1, 0.15) is 0 Å². The number of aromatic nitrogens is 1. The molecule has 7 nitrogen and oxygen atoms in total. The van der Waals surface area contributed by atoms with Crippen LogP contribution in [0.15, 0.2) is 66.5 Å². The first-order chi connectivity index (χ1) is 14.3. The average molecular weight is 401 g/mol. The Labute approximate surface area is 172 Å². The number of carboxylic acid groups (broad SMARTS) is 1. The maximum Gasteiger partial charge on any atom is 0.333 e. The van der Waals surface area contributed by atoms with Crippen LogP contribution in [0.1, 0.15) is 17.7 Å². The van der Waals surface area contributed by atoms with Crippen molar-refractivity contribution in [1.82, 2.24) is 4.98 Å². The number of aryl methyl sites for hydroxylation is 2. The van der Waals surface area contributed by atoms with E-state index in [-0.39, 0.29) is 11.3 Å². The fourth-order valence-electron chi connectivity index (χ4n) is 3.73. The van der Waals surface area contributed by atoms with E-state index in [0.29, 0.717) is 12.0 Å². The van der Waals surface area contributed by atoms with E-state index in [2.05, 4.69) is 4.98 Å². The van der Waals surface area contributed by atoms with E-state index in [1.165, 1.54) is 6.07 Å². The Morgan fingerprint density at radius 1 is 1.20 bits per heavy atom. The molecule has 0 saturated carbocycles. The number of anilines is 1. The van der Waals surface area contributed by atoms with Crippen molar-refractivity contribution in [2.75, 3.05) is 4.90 Å². The standard InChI is InChI=1S/C23H19N3O4/c1-14-8-9-20-21(22(14)25-10-4-6-17(13-25)23(27)28)19(11-15(2)24-20)16-5-3-7-18(12-16)26(29)30/h3-5,7-13H,6H2,1-2H3,(H,27,28). The second-order valence-corrected chi connectivity index (χ2v) is 7.20. The molecule has 0 spiro atoms. The number of hydrogen-bond donors (Lipinski definition) is 1. The quantitative estimate of drug-likeness (QED) is 0.481. The SMILES string of the molecule is Cc1cc(-c2cccc([N+](=O)[O-])c2)c2c(N3C=CCC(C(=O)O)=C3)c(C)ccc2n1. The molecule has 1 aliphatic rings. The van der Waals surface area contributed by atoms with E-state index in [9.17, 15) is 20.0 Å². The van der Waals surface area contributed by atoms with E-state index in [0.717, 1.165) is 33.4 Å². The number of aliphatic carboxylic acids is 1. The fraction of sp³-hybridized carbons (Fsp3) is 0.130. The molecule has 0 radical (unpaired) electrons. The molecule has 2 aromatic carbocycles. The zero-order valence-electron chi connectivity index (χ0n) is 16.5. The van der Waals surface area contributed by atoms with E-state index >= 15 is 0 Å². The van der Waals surface area contributed by atoms with E-state index in [4.69, 9.17) is 0 Å². The highest BCUT2D eigenvalue weighted by atomic mass is 16.6. The topological polar surface area (TPSA) is 96.6 Å². The number of rotatable bonds is 4. The summed E-state index contributed by atoms with van der Waals surface area (Å²) in [6, 6.07) is 12.3. The van der Waals surface area contributed by atoms with Crippen LogP contribution in [0.4, 0.5) is 11.4 Å². The van der Waals surface area contributed by atoms with Gasteiger partial charge in [0.05, 0.1) is 21.7 Å². The summed E-state index contributed by atoms with van der Waals surface area (Å²) in [5, 5.41) is 21.5. The Kier molecular flexibility index (Phi) is 4.79. The third kappa shape index (κ3) is 3.41. The third-order valence-electron chi connectivity index (χ3n) is 5.08. The van der Waals surface area contributed by atoms with Gasteiger partial charge in [0.15, 0.2) is 0 Å². The number of hydrogen-bond acceptors (Lipinski definition) is 5. The first-order valence-corrected chi connectivity index (χ1v) is 9.40. The molecule has 0 bridgehead atoms. The molecule has 0 fully saturated rings. The summed E-state index contributed by atoms with van der Waals surface area (Å²) >= 11 is 0. The predicted octanol–water partition coefficient (Wildman–Crippen LogP) is 5.12. The molecule has 1 aromatic heterocycles. The summed E-state index contributed by atoms with van der Waals surface area (Å²) in [5.74, 6) is -0.963. The fourth-order valence-corrected chi connectivity index (χ4v) is 3.73. The van der Waals surface area contributed by atoms with Gasteiger partial charge in [-0.1, -0.05) is 24.3 Å². The highest BCUT2D eigenvalue weighted by molar-refractivity contribution is 6.06. The zero-order valence-corrected chi connectivity index (χ0v) is 16.5. The summed E-state index contributed by atoms with van der Waals surface area (Å²) in [7, 11) is 0. The Bertz CT molecular complexity index is 1260. The number of fused-ring (bicyclic) bond motifs is 1. The summed E-state index contributed by atoms with van der Waals surface area (Å²) in [4.78, 5) is 28.8. The van der Waals surface area contributed by atoms with Crippen molar-refractivity contribution in [2.24, 2.45) is 0 Å². The molecule has 1 aliphatic heterocycles. The molecule has 7 heteroatoms. The van der Waals surface area contributed by atoms with Crippen LogP contribution in [0.2, 0.25) is 0 Å². The van der Waals surface area contributed by atoms with Crippen LogP contribution >= 0.6 is 0 Å². The molecular formula is C23H19N3O4. The van der Waals surface area contributed by atoms with Crippen LogP contribution in [0.5, 0.6) is 0 Å². The van der Waals surface area contributed by atoms with Gasteiger partial charge in [-0.3, -0.25) is 15.1 Å². The molecule has 2 heterocycles. The second kappa shape index (κ2) is 7.44. The number of nitro benzene ring substituents is 1. The van der Waals surface area contributed by atoms with Gasteiger partial charge in [-0.15, -0.1) is 0 Å². The molecular weight excluding hydrogens is 382 g/mol. The molecule has 3 aromatic rings. The van der Waals surface area contributed by atoms with Gasteiger partial charge in [0.25, 0.3) is 5.69 Å². The largest absolute Gasteiger partial charge is 0.478 e. The lowest BCUT2D eigenvalue weighted by Gasteiger charge is -2.25. The van der Waals surface area contributed by atoms with Crippen LogP contribution in [0, 0.1) is 24.0 Å². The lowest BCUT2D eigenvalue weighted by molar-refractivity contribution is -0.384. The van der Waals surface area contributed by atoms with Crippen LogP contribution in [-0.2, 0) is 4.79 Å². The van der Waals surface area contributed by atoms with Gasteiger partial charge in [0.2, 0.25) is 0 Å². The number of nitrogens with zero attached hydrogens (tertiary/aromatic N) is 3. The number of carboxylic acids is 1. The van der Waals surface area contributed by atoms with Gasteiger partial charge in [0, 0.05) is 42.0 Å². The Morgan fingerprint density at radius 3 is 2.73 bits per heavy atom. The molecule has 0 saturated heterocycles. The molecule has 0 aliphatic carbocycles. The Hall–Kier alpha value is -4.00. The van der Waals surface area contributed by atoms with E-state index in [1.807, 2.05) is 44.3 Å². The van der Waals surface area contributed by atoms with Gasteiger partial charge in [-0.25, -0.2) is 4.79 Å². The molecule has 30 heavy (non-hydrogen) atoms. The lowest BCUT2D eigenvalue weighted by atomic mass is 9.96. The number of carbonyl (C=O) groups is 1. The minimum atomic E-state index is -0.963. The summed E-state index contributed by atoms with van der Waals surface area (Å²) < 4.78 is 0. The maximum absolute atomic E-state index is 11.5. The van der Waals surface area contributed by atoms with Crippen LogP contribution in [-0.4, -0.2) is 21.0 Å². The van der Waals surface area contributed by atoms with Gasteiger partial charge in [-0.05, 0) is 42.7 Å². The Morgan fingerprint density at radius 2 is 2.00 bits per heavy atom. The number of benzene rings is 2. The molecule has 4 rings (SSSR count). The van der Waals surface area contributed by atoms with Gasteiger partial charge < -0.3 is 10.0 Å². The smallest absolute Gasteiger partial charge is 0.333 e. The Balaban J connectivity index is 2.03. The van der Waals surface area contributed by atoms with Crippen molar-refractivity contribution in [3.8, 4) is 11.1 Å². The van der Waals surface area contributed by atoms with Crippen LogP contribution in [0.3, 0.4) is 0 Å². The molecule has 0 amide bonds. The van der Waals surface area contributed by atoms with Crippen molar-refractivity contribution in [2.45, 2.75) is 20.3 Å². The summed E-state index contributed by atoms with van der Waals surface area (Å²) in [6.07, 6.45) is 5.60. The van der Waals surface area contributed by atoms with Gasteiger partial charge >= 0.3 is 5.97 Å². The minimum absolute atomic E-state index is 0.00949. The zero-order chi connectivity index (χ0) is 21.4. The summed E-state index contributed by atoms with van der Waals surface area (Å²) in [6.45, 7) is 3.83. The van der Waals surface area contributed by atoms with Crippen molar-refractivity contribution in [1.29, 1.82) is 0 Å². The second-order valence-electron chi connectivity index (χ2n) is 7.20. The van der Waals surface area contributed by atoms with Crippen LogP contribution in [0.25, 0.3) is 22.0 Å². The van der Waals surface area contributed by atoms with E-state index in [1.54, 1.807) is 29.3 Å². The maximum atomic E-state index is 11.5. The third-order valence-corrected chi connectivity index (χ3v) is 5.08. The first kappa shape index (κ1) is 19.3. The average Bonchev–Trinajstić information content (AvgIpc) is 2.73. The number of allylic oxidation sites excluding steroid dienone is 1. The number of pyridine rings is 1. The van der Waals surface area contributed by atoms with E-state index < -0.39 is 10.9 Å². The predicted molar refractivity (Wildman–Crippen MR) is 115 cm³/mol.